The Kier molecular flexibility index (Phi) is 5.82. The number of benzene rings is 1. The van der Waals surface area contributed by atoms with E-state index in [9.17, 15) is 0 Å². The SMILES string of the molecule is CCCNC(Cc1ccc(C)c(C)c1)c1ccc(Br)s1. The van der Waals surface area contributed by atoms with Crippen molar-refractivity contribution >= 4 is 27.3 Å². The van der Waals surface area contributed by atoms with Crippen LogP contribution in [0, 0.1) is 13.8 Å². The monoisotopic (exact) mass is 351 g/mol. The maximum absolute atomic E-state index is 3.67. The molecule has 0 saturated heterocycles. The third-order valence-electron chi connectivity index (χ3n) is 3.59. The normalized spacial score (nSPS) is 12.6. The zero-order valence-corrected chi connectivity index (χ0v) is 14.8. The van der Waals surface area contributed by atoms with E-state index in [1.54, 1.807) is 0 Å². The van der Waals surface area contributed by atoms with E-state index in [-0.39, 0.29) is 0 Å². The van der Waals surface area contributed by atoms with Gasteiger partial charge in [-0.3, -0.25) is 0 Å². The van der Waals surface area contributed by atoms with E-state index >= 15 is 0 Å². The molecule has 3 heteroatoms. The fourth-order valence-corrected chi connectivity index (χ4v) is 3.77. The van der Waals surface area contributed by atoms with Crippen molar-refractivity contribution in [2.24, 2.45) is 0 Å². The highest BCUT2D eigenvalue weighted by Gasteiger charge is 2.14. The van der Waals surface area contributed by atoms with Gasteiger partial charge in [-0.25, -0.2) is 0 Å². The third-order valence-corrected chi connectivity index (χ3v) is 5.33. The minimum Gasteiger partial charge on any atom is -0.309 e. The molecule has 1 heterocycles. The van der Waals surface area contributed by atoms with Crippen LogP contribution in [0.1, 0.15) is 41.0 Å². The first kappa shape index (κ1) is 15.7. The summed E-state index contributed by atoms with van der Waals surface area (Å²) >= 11 is 5.39. The fraction of sp³-hybridized carbons (Fsp3) is 0.412. The van der Waals surface area contributed by atoms with Crippen molar-refractivity contribution in [2.45, 2.75) is 39.7 Å². The smallest absolute Gasteiger partial charge is 0.0701 e. The number of thiophene rings is 1. The van der Waals surface area contributed by atoms with Crippen LogP contribution in [0.4, 0.5) is 0 Å². The first-order valence-corrected chi connectivity index (χ1v) is 8.76. The maximum Gasteiger partial charge on any atom is 0.0701 e. The summed E-state index contributed by atoms with van der Waals surface area (Å²) < 4.78 is 1.20. The highest BCUT2D eigenvalue weighted by Crippen LogP contribution is 2.29. The van der Waals surface area contributed by atoms with Crippen LogP contribution < -0.4 is 5.32 Å². The zero-order chi connectivity index (χ0) is 14.5. The summed E-state index contributed by atoms with van der Waals surface area (Å²) in [7, 11) is 0. The molecular weight excluding hydrogens is 330 g/mol. The average molecular weight is 352 g/mol. The van der Waals surface area contributed by atoms with E-state index in [0.717, 1.165) is 19.4 Å². The Bertz CT molecular complexity index is 562. The zero-order valence-electron chi connectivity index (χ0n) is 12.4. The standard InChI is InChI=1S/C17H22BrNS/c1-4-9-19-15(16-7-8-17(18)20-16)11-14-6-5-12(2)13(3)10-14/h5-8,10,15,19H,4,9,11H2,1-3H3. The maximum atomic E-state index is 3.67. The molecule has 0 saturated carbocycles. The van der Waals surface area contributed by atoms with Crippen molar-refractivity contribution in [1.29, 1.82) is 0 Å². The molecule has 1 nitrogen and oxygen atoms in total. The van der Waals surface area contributed by atoms with Crippen molar-refractivity contribution in [3.05, 3.63) is 55.7 Å². The molecule has 2 aromatic rings. The molecule has 1 aromatic carbocycles. The Balaban J connectivity index is 2.16. The fourth-order valence-electron chi connectivity index (χ4n) is 2.27. The molecule has 0 aliphatic heterocycles. The van der Waals surface area contributed by atoms with Crippen molar-refractivity contribution in [1.82, 2.24) is 5.32 Å². The van der Waals surface area contributed by atoms with Gasteiger partial charge in [0.1, 0.15) is 0 Å². The molecule has 1 N–H and O–H groups in total. The van der Waals surface area contributed by atoms with Crippen LogP contribution >= 0.6 is 27.3 Å². The molecule has 0 bridgehead atoms. The van der Waals surface area contributed by atoms with E-state index in [1.807, 2.05) is 11.3 Å². The number of nitrogens with one attached hydrogen (secondary N) is 1. The van der Waals surface area contributed by atoms with E-state index < -0.39 is 0 Å². The molecule has 108 valence electrons. The molecular formula is C17H22BrNS. The Morgan fingerprint density at radius 1 is 1.15 bits per heavy atom. The number of rotatable bonds is 6. The Morgan fingerprint density at radius 3 is 2.55 bits per heavy atom. The molecule has 0 amide bonds. The van der Waals surface area contributed by atoms with Gasteiger partial charge >= 0.3 is 0 Å². The second kappa shape index (κ2) is 7.39. The molecule has 1 aromatic heterocycles. The summed E-state index contributed by atoms with van der Waals surface area (Å²) in [5.41, 5.74) is 4.15. The van der Waals surface area contributed by atoms with Gasteiger partial charge in [0.25, 0.3) is 0 Å². The lowest BCUT2D eigenvalue weighted by atomic mass is 10.00. The predicted molar refractivity (Wildman–Crippen MR) is 92.7 cm³/mol. The number of aryl methyl sites for hydroxylation is 2. The summed E-state index contributed by atoms with van der Waals surface area (Å²) in [4.78, 5) is 1.41. The number of hydrogen-bond donors (Lipinski definition) is 1. The minimum absolute atomic E-state index is 0.411. The van der Waals surface area contributed by atoms with Gasteiger partial charge in [-0.2, -0.15) is 0 Å². The first-order valence-electron chi connectivity index (χ1n) is 7.15. The van der Waals surface area contributed by atoms with Gasteiger partial charge in [-0.15, -0.1) is 11.3 Å². The molecule has 0 radical (unpaired) electrons. The summed E-state index contributed by atoms with van der Waals surface area (Å²) in [6.07, 6.45) is 2.21. The lowest BCUT2D eigenvalue weighted by Gasteiger charge is -2.18. The molecule has 0 spiro atoms. The first-order chi connectivity index (χ1) is 9.60. The van der Waals surface area contributed by atoms with Gasteiger partial charge in [0.15, 0.2) is 0 Å². The molecule has 1 unspecified atom stereocenters. The van der Waals surface area contributed by atoms with Gasteiger partial charge in [0.2, 0.25) is 0 Å². The van der Waals surface area contributed by atoms with E-state index in [4.69, 9.17) is 0 Å². The van der Waals surface area contributed by atoms with Crippen molar-refractivity contribution in [3.8, 4) is 0 Å². The van der Waals surface area contributed by atoms with Crippen molar-refractivity contribution in [2.75, 3.05) is 6.54 Å². The lowest BCUT2D eigenvalue weighted by molar-refractivity contribution is 0.536. The summed E-state index contributed by atoms with van der Waals surface area (Å²) in [6, 6.07) is 11.6. The molecule has 0 aliphatic rings. The van der Waals surface area contributed by atoms with Crippen LogP contribution in [0.25, 0.3) is 0 Å². The van der Waals surface area contributed by atoms with Crippen LogP contribution in [0.3, 0.4) is 0 Å². The summed E-state index contributed by atoms with van der Waals surface area (Å²) in [5, 5.41) is 3.67. The third kappa shape index (κ3) is 4.18. The van der Waals surface area contributed by atoms with E-state index in [0.29, 0.717) is 6.04 Å². The quantitative estimate of drug-likeness (QED) is 0.733. The Labute approximate surface area is 134 Å². The number of hydrogen-bond acceptors (Lipinski definition) is 2. The number of halogens is 1. The molecule has 1 atom stereocenters. The molecule has 0 aliphatic carbocycles. The van der Waals surface area contributed by atoms with Gasteiger partial charge in [-0.05, 0) is 78.0 Å². The van der Waals surface area contributed by atoms with Crippen LogP contribution in [0.5, 0.6) is 0 Å². The largest absolute Gasteiger partial charge is 0.309 e. The van der Waals surface area contributed by atoms with Gasteiger partial charge in [0.05, 0.1) is 3.79 Å². The minimum atomic E-state index is 0.411. The van der Waals surface area contributed by atoms with Crippen LogP contribution in [-0.4, -0.2) is 6.54 Å². The summed E-state index contributed by atoms with van der Waals surface area (Å²) in [5.74, 6) is 0. The van der Waals surface area contributed by atoms with Crippen LogP contribution in [-0.2, 0) is 6.42 Å². The molecule has 2 rings (SSSR count). The van der Waals surface area contributed by atoms with Gasteiger partial charge < -0.3 is 5.32 Å². The van der Waals surface area contributed by atoms with Crippen molar-refractivity contribution in [3.63, 3.8) is 0 Å². The van der Waals surface area contributed by atoms with Crippen LogP contribution in [0.2, 0.25) is 0 Å². The van der Waals surface area contributed by atoms with E-state index in [1.165, 1.54) is 25.4 Å². The topological polar surface area (TPSA) is 12.0 Å². The lowest BCUT2D eigenvalue weighted by Crippen LogP contribution is -2.23. The summed E-state index contributed by atoms with van der Waals surface area (Å²) in [6.45, 7) is 7.63. The van der Waals surface area contributed by atoms with Gasteiger partial charge in [0, 0.05) is 10.9 Å². The Hall–Kier alpha value is -0.640. The highest BCUT2D eigenvalue weighted by atomic mass is 79.9. The second-order valence-corrected chi connectivity index (χ2v) is 7.77. The Morgan fingerprint density at radius 2 is 1.95 bits per heavy atom. The van der Waals surface area contributed by atoms with Crippen molar-refractivity contribution < 1.29 is 0 Å². The van der Waals surface area contributed by atoms with Gasteiger partial charge in [-0.1, -0.05) is 25.1 Å². The predicted octanol–water partition coefficient (Wildman–Crippen LogP) is 5.41. The molecule has 20 heavy (non-hydrogen) atoms. The van der Waals surface area contributed by atoms with Crippen LogP contribution in [0.15, 0.2) is 34.1 Å². The van der Waals surface area contributed by atoms with E-state index in [2.05, 4.69) is 72.3 Å². The average Bonchev–Trinajstić information content (AvgIpc) is 2.85. The highest BCUT2D eigenvalue weighted by molar-refractivity contribution is 9.11. The molecule has 0 fully saturated rings. The second-order valence-electron chi connectivity index (χ2n) is 5.27.